The van der Waals surface area contributed by atoms with Crippen molar-refractivity contribution in [3.05, 3.63) is 11.6 Å². The van der Waals surface area contributed by atoms with Crippen LogP contribution in [0.15, 0.2) is 11.6 Å². The molecule has 3 aliphatic carbocycles. The molecule has 0 heterocycles. The van der Waals surface area contributed by atoms with Crippen LogP contribution >= 0.6 is 0 Å². The van der Waals surface area contributed by atoms with Gasteiger partial charge in [0.1, 0.15) is 6.10 Å². The first-order valence-corrected chi connectivity index (χ1v) is 7.87. The summed E-state index contributed by atoms with van der Waals surface area (Å²) in [7, 11) is 0. The van der Waals surface area contributed by atoms with Gasteiger partial charge in [-0.2, -0.15) is 0 Å². The van der Waals surface area contributed by atoms with Crippen molar-refractivity contribution in [1.82, 2.24) is 0 Å². The van der Waals surface area contributed by atoms with Crippen molar-refractivity contribution in [3.8, 4) is 0 Å². The van der Waals surface area contributed by atoms with Gasteiger partial charge in [0, 0.05) is 17.9 Å². The smallest absolute Gasteiger partial charge is 0.331 e. The fourth-order valence-corrected chi connectivity index (χ4v) is 6.00. The van der Waals surface area contributed by atoms with Crippen LogP contribution in [0.5, 0.6) is 0 Å². The number of aliphatic carboxylic acids is 1. The fourth-order valence-electron chi connectivity index (χ4n) is 6.00. The molecule has 2 fully saturated rings. The number of carbonyl (C=O) groups excluding carboxylic acids is 1. The average Bonchev–Trinajstić information content (AvgIpc) is 2.89. The number of carboxylic acid groups (broad SMARTS) is 1. The van der Waals surface area contributed by atoms with Gasteiger partial charge in [0.15, 0.2) is 0 Å². The highest BCUT2D eigenvalue weighted by Crippen LogP contribution is 2.73. The van der Waals surface area contributed by atoms with Gasteiger partial charge >= 0.3 is 11.9 Å². The Balaban J connectivity index is 2.11. The van der Waals surface area contributed by atoms with E-state index in [1.165, 1.54) is 6.92 Å². The van der Waals surface area contributed by atoms with Crippen molar-refractivity contribution in [2.45, 2.75) is 53.1 Å². The van der Waals surface area contributed by atoms with Crippen LogP contribution in [0.4, 0.5) is 0 Å². The number of carbonyl (C=O) groups is 2. The Morgan fingerprint density at radius 2 is 2.05 bits per heavy atom. The van der Waals surface area contributed by atoms with E-state index >= 15 is 0 Å². The van der Waals surface area contributed by atoms with Crippen molar-refractivity contribution < 1.29 is 19.4 Å². The highest BCUT2D eigenvalue weighted by atomic mass is 16.5. The molecule has 6 atom stereocenters. The normalized spacial score (nSPS) is 47.7. The summed E-state index contributed by atoms with van der Waals surface area (Å²) < 4.78 is 5.70. The lowest BCUT2D eigenvalue weighted by atomic mass is 9.60. The summed E-state index contributed by atoms with van der Waals surface area (Å²) in [5, 5.41) is 9.53. The topological polar surface area (TPSA) is 63.6 Å². The number of esters is 1. The molecule has 0 bridgehead atoms. The van der Waals surface area contributed by atoms with E-state index in [-0.39, 0.29) is 28.8 Å². The molecule has 0 amide bonds. The maximum atomic E-state index is 11.6. The number of carboxylic acids is 1. The maximum Gasteiger partial charge on any atom is 0.331 e. The Morgan fingerprint density at radius 1 is 1.38 bits per heavy atom. The molecule has 1 N–H and O–H groups in total. The molecule has 21 heavy (non-hydrogen) atoms. The lowest BCUT2D eigenvalue weighted by molar-refractivity contribution is -0.158. The van der Waals surface area contributed by atoms with Crippen LogP contribution in [0.25, 0.3) is 0 Å². The zero-order valence-corrected chi connectivity index (χ0v) is 13.2. The Labute approximate surface area is 125 Å². The standard InChI is InChI=1S/C17H24O4/c1-9-7-14(21-11(3)18)17-10(2)12(15(19)20)8-16(17,4)6-5-13(9)17/h8-10,13-14H,5-7H2,1-4H3,(H,19,20)/t9-,10+,13+,14-,16+,17?/m0/s1. The molecule has 3 rings (SSSR count). The van der Waals surface area contributed by atoms with Gasteiger partial charge in [-0.25, -0.2) is 4.79 Å². The van der Waals surface area contributed by atoms with E-state index < -0.39 is 5.97 Å². The van der Waals surface area contributed by atoms with Crippen molar-refractivity contribution in [3.63, 3.8) is 0 Å². The molecule has 0 aliphatic heterocycles. The van der Waals surface area contributed by atoms with Gasteiger partial charge in [-0.15, -0.1) is 0 Å². The summed E-state index contributed by atoms with van der Waals surface area (Å²) in [6.45, 7) is 7.84. The molecule has 0 saturated heterocycles. The second-order valence-electron chi connectivity index (χ2n) is 7.43. The molecule has 0 radical (unpaired) electrons. The summed E-state index contributed by atoms with van der Waals surface area (Å²) in [5.74, 6) is -0.239. The third kappa shape index (κ3) is 1.62. The van der Waals surface area contributed by atoms with Gasteiger partial charge in [-0.05, 0) is 42.4 Å². The molecule has 4 nitrogen and oxygen atoms in total. The minimum atomic E-state index is -0.827. The molecule has 1 spiro atoms. The predicted molar refractivity (Wildman–Crippen MR) is 77.5 cm³/mol. The summed E-state index contributed by atoms with van der Waals surface area (Å²) in [6.07, 6.45) is 4.74. The molecule has 0 aromatic rings. The van der Waals surface area contributed by atoms with Gasteiger partial charge in [0.05, 0.1) is 0 Å². The summed E-state index contributed by atoms with van der Waals surface area (Å²) in [5.41, 5.74) is 0.107. The lowest BCUT2D eigenvalue weighted by Gasteiger charge is -2.45. The molecule has 0 aromatic carbocycles. The minimum Gasteiger partial charge on any atom is -0.478 e. The third-order valence-electron chi connectivity index (χ3n) is 6.60. The number of hydrogen-bond acceptors (Lipinski definition) is 3. The zero-order chi connectivity index (χ0) is 15.6. The van der Waals surface area contributed by atoms with E-state index in [1.807, 2.05) is 13.0 Å². The van der Waals surface area contributed by atoms with Crippen molar-refractivity contribution in [2.75, 3.05) is 0 Å². The van der Waals surface area contributed by atoms with Crippen LogP contribution in [0.2, 0.25) is 0 Å². The van der Waals surface area contributed by atoms with Crippen LogP contribution in [-0.2, 0) is 14.3 Å². The number of allylic oxidation sites excluding steroid dienone is 1. The second kappa shape index (κ2) is 4.34. The number of hydrogen-bond donors (Lipinski definition) is 1. The van der Waals surface area contributed by atoms with Gasteiger partial charge in [-0.3, -0.25) is 4.79 Å². The molecular formula is C17H24O4. The molecule has 1 unspecified atom stereocenters. The van der Waals surface area contributed by atoms with Crippen molar-refractivity contribution >= 4 is 11.9 Å². The molecule has 3 aliphatic rings. The highest BCUT2D eigenvalue weighted by molar-refractivity contribution is 5.88. The Bertz CT molecular complexity index is 537. The largest absolute Gasteiger partial charge is 0.478 e. The monoisotopic (exact) mass is 292 g/mol. The first kappa shape index (κ1) is 14.6. The van der Waals surface area contributed by atoms with E-state index in [2.05, 4.69) is 13.8 Å². The summed E-state index contributed by atoms with van der Waals surface area (Å²) in [6, 6.07) is 0. The molecule has 2 saturated carbocycles. The lowest BCUT2D eigenvalue weighted by Crippen LogP contribution is -2.47. The van der Waals surface area contributed by atoms with Gasteiger partial charge in [-0.1, -0.05) is 26.8 Å². The third-order valence-corrected chi connectivity index (χ3v) is 6.60. The Hall–Kier alpha value is -1.32. The molecule has 0 aromatic heterocycles. The van der Waals surface area contributed by atoms with Crippen molar-refractivity contribution in [2.24, 2.45) is 28.6 Å². The van der Waals surface area contributed by atoms with Crippen LogP contribution in [0.1, 0.15) is 47.0 Å². The summed E-state index contributed by atoms with van der Waals surface area (Å²) >= 11 is 0. The van der Waals surface area contributed by atoms with E-state index in [9.17, 15) is 14.7 Å². The number of ether oxygens (including phenoxy) is 1. The van der Waals surface area contributed by atoms with Crippen LogP contribution in [-0.4, -0.2) is 23.1 Å². The first-order chi connectivity index (χ1) is 9.74. The second-order valence-corrected chi connectivity index (χ2v) is 7.43. The predicted octanol–water partition coefficient (Wildman–Crippen LogP) is 3.02. The molecule has 4 heteroatoms. The quantitative estimate of drug-likeness (QED) is 0.795. The SMILES string of the molecule is CC(=O)O[C@H]1C[C@H](C)[C@H]2CC[C@]3(C)C=C(C(=O)O)[C@@H](C)C123. The van der Waals surface area contributed by atoms with Gasteiger partial charge in [0.25, 0.3) is 0 Å². The van der Waals surface area contributed by atoms with Crippen LogP contribution in [0.3, 0.4) is 0 Å². The maximum absolute atomic E-state index is 11.6. The minimum absolute atomic E-state index is 0.0678. The zero-order valence-electron chi connectivity index (χ0n) is 13.2. The fraction of sp³-hybridized carbons (Fsp3) is 0.765. The molecular weight excluding hydrogens is 268 g/mol. The highest BCUT2D eigenvalue weighted by Gasteiger charge is 2.72. The van der Waals surface area contributed by atoms with Gasteiger partial charge in [0.2, 0.25) is 0 Å². The molecule has 116 valence electrons. The van der Waals surface area contributed by atoms with Crippen LogP contribution in [0, 0.1) is 28.6 Å². The average molecular weight is 292 g/mol. The van der Waals surface area contributed by atoms with Crippen LogP contribution < -0.4 is 0 Å². The van der Waals surface area contributed by atoms with E-state index in [4.69, 9.17) is 4.74 Å². The van der Waals surface area contributed by atoms with E-state index in [1.54, 1.807) is 0 Å². The Morgan fingerprint density at radius 3 is 2.62 bits per heavy atom. The number of rotatable bonds is 2. The first-order valence-electron chi connectivity index (χ1n) is 7.87. The summed E-state index contributed by atoms with van der Waals surface area (Å²) in [4.78, 5) is 23.2. The van der Waals surface area contributed by atoms with E-state index in [0.29, 0.717) is 17.4 Å². The van der Waals surface area contributed by atoms with Crippen molar-refractivity contribution in [1.29, 1.82) is 0 Å². The Kier molecular flexibility index (Phi) is 3.02. The van der Waals surface area contributed by atoms with Gasteiger partial charge < -0.3 is 9.84 Å². The van der Waals surface area contributed by atoms with E-state index in [0.717, 1.165) is 19.3 Å².